The third-order valence-electron chi connectivity index (χ3n) is 8.90. The Bertz CT molecular complexity index is 467. The summed E-state index contributed by atoms with van der Waals surface area (Å²) in [5.41, 5.74) is 0.603. The molecule has 8 atom stereocenters. The van der Waals surface area contributed by atoms with Gasteiger partial charge in [-0.3, -0.25) is 4.79 Å². The molecule has 0 aromatic heterocycles. The van der Waals surface area contributed by atoms with Gasteiger partial charge in [-0.15, -0.1) is 0 Å². The molecule has 1 amide bonds. The molecule has 4 rings (SSSR count). The molecule has 0 heterocycles. The fourth-order valence-electron chi connectivity index (χ4n) is 7.67. The zero-order chi connectivity index (χ0) is 18.7. The number of fused-ring (bicyclic) bond motifs is 5. The average molecular weight is 364 g/mol. The van der Waals surface area contributed by atoms with E-state index in [1.807, 2.05) is 7.11 Å². The highest BCUT2D eigenvalue weighted by molar-refractivity contribution is 5.44. The summed E-state index contributed by atoms with van der Waals surface area (Å²) < 4.78 is 5.57. The van der Waals surface area contributed by atoms with Crippen LogP contribution in [0, 0.1) is 46.8 Å². The van der Waals surface area contributed by atoms with Gasteiger partial charge in [-0.2, -0.15) is 0 Å². The molecule has 4 saturated carbocycles. The normalized spacial score (nSPS) is 46.8. The van der Waals surface area contributed by atoms with Gasteiger partial charge in [0.1, 0.15) is 0 Å². The van der Waals surface area contributed by atoms with Crippen LogP contribution < -0.4 is 5.32 Å². The van der Waals surface area contributed by atoms with Crippen molar-refractivity contribution in [1.82, 2.24) is 5.32 Å². The molecule has 0 radical (unpaired) electrons. The van der Waals surface area contributed by atoms with E-state index in [0.717, 1.165) is 48.0 Å². The van der Waals surface area contributed by atoms with Crippen LogP contribution in [0.4, 0.5) is 0 Å². The van der Waals surface area contributed by atoms with Crippen LogP contribution in [0.25, 0.3) is 0 Å². The van der Waals surface area contributed by atoms with Gasteiger partial charge in [0.05, 0.1) is 0 Å². The van der Waals surface area contributed by atoms with Crippen LogP contribution in [-0.4, -0.2) is 27.2 Å². The smallest absolute Gasteiger partial charge is 0.206 e. The highest BCUT2D eigenvalue weighted by Gasteiger charge is 2.56. The molecule has 3 nitrogen and oxygen atoms in total. The topological polar surface area (TPSA) is 38.3 Å². The summed E-state index contributed by atoms with van der Waals surface area (Å²) >= 11 is 0. The third-order valence-corrected chi connectivity index (χ3v) is 8.90. The van der Waals surface area contributed by atoms with E-state index in [4.69, 9.17) is 9.53 Å². The first-order valence-corrected chi connectivity index (χ1v) is 11.1. The van der Waals surface area contributed by atoms with Gasteiger partial charge < -0.3 is 10.1 Å². The van der Waals surface area contributed by atoms with Gasteiger partial charge in [-0.05, 0) is 98.2 Å². The molecule has 150 valence electrons. The summed E-state index contributed by atoms with van der Waals surface area (Å²) in [5, 5.41) is 2.25. The summed E-state index contributed by atoms with van der Waals surface area (Å²) in [5.74, 6) is 7.20. The van der Waals surface area contributed by atoms with Crippen LogP contribution in [0.15, 0.2) is 0 Å². The number of ether oxygens (including phenoxy) is 1. The Kier molecular flexibility index (Phi) is 6.69. The van der Waals surface area contributed by atoms with Gasteiger partial charge in [0.2, 0.25) is 6.41 Å². The highest BCUT2D eigenvalue weighted by Crippen LogP contribution is 2.64. The summed E-state index contributed by atoms with van der Waals surface area (Å²) in [7, 11) is 3.46. The van der Waals surface area contributed by atoms with Gasteiger partial charge in [-0.25, -0.2) is 0 Å². The Morgan fingerprint density at radius 1 is 1.04 bits per heavy atom. The van der Waals surface area contributed by atoms with Gasteiger partial charge in [0.25, 0.3) is 0 Å². The van der Waals surface area contributed by atoms with Crippen molar-refractivity contribution in [3.05, 3.63) is 0 Å². The molecular weight excluding hydrogens is 322 g/mol. The lowest BCUT2D eigenvalue weighted by atomic mass is 9.49. The number of hydrogen-bond donors (Lipinski definition) is 1. The number of carbonyl (C=O) groups is 1. The van der Waals surface area contributed by atoms with Crippen molar-refractivity contribution < 1.29 is 9.53 Å². The molecule has 0 saturated heterocycles. The molecule has 0 spiro atoms. The van der Waals surface area contributed by atoms with E-state index in [-0.39, 0.29) is 0 Å². The lowest BCUT2D eigenvalue weighted by Crippen LogP contribution is -2.48. The SMILES string of the molecule is CNC=O.COCC1CCC2C3CCC4CC(C)CCC4C3CCC12C. The van der Waals surface area contributed by atoms with Crippen molar-refractivity contribution in [2.24, 2.45) is 46.8 Å². The Morgan fingerprint density at radius 3 is 2.46 bits per heavy atom. The van der Waals surface area contributed by atoms with E-state index in [1.54, 1.807) is 32.7 Å². The Hall–Kier alpha value is -0.570. The maximum atomic E-state index is 9.06. The molecule has 0 aromatic rings. The molecular formula is C23H41NO2. The maximum absolute atomic E-state index is 9.06. The van der Waals surface area contributed by atoms with Crippen molar-refractivity contribution in [1.29, 1.82) is 0 Å². The van der Waals surface area contributed by atoms with E-state index in [9.17, 15) is 0 Å². The fraction of sp³-hybridized carbons (Fsp3) is 0.957. The summed E-state index contributed by atoms with van der Waals surface area (Å²) in [6.07, 6.45) is 14.3. The highest BCUT2D eigenvalue weighted by atomic mass is 16.5. The molecule has 0 bridgehead atoms. The lowest BCUT2D eigenvalue weighted by Gasteiger charge is -2.56. The first-order valence-electron chi connectivity index (χ1n) is 11.1. The van der Waals surface area contributed by atoms with Crippen molar-refractivity contribution in [2.75, 3.05) is 20.8 Å². The zero-order valence-corrected chi connectivity index (χ0v) is 17.5. The Labute approximate surface area is 161 Å². The van der Waals surface area contributed by atoms with Crippen LogP contribution in [0.1, 0.15) is 71.6 Å². The number of carbonyl (C=O) groups excluding carboxylic acids is 1. The van der Waals surface area contributed by atoms with Crippen LogP contribution in [0.5, 0.6) is 0 Å². The van der Waals surface area contributed by atoms with Crippen molar-refractivity contribution >= 4 is 6.41 Å². The molecule has 1 N–H and O–H groups in total. The number of rotatable bonds is 3. The molecule has 0 aliphatic heterocycles. The van der Waals surface area contributed by atoms with Gasteiger partial charge in [0.15, 0.2) is 0 Å². The van der Waals surface area contributed by atoms with E-state index < -0.39 is 0 Å². The monoisotopic (exact) mass is 363 g/mol. The average Bonchev–Trinajstić information content (AvgIpc) is 2.98. The minimum atomic E-state index is 0.603. The molecule has 4 aliphatic carbocycles. The van der Waals surface area contributed by atoms with E-state index in [1.165, 1.54) is 32.1 Å². The van der Waals surface area contributed by atoms with E-state index in [2.05, 4.69) is 19.2 Å². The third kappa shape index (κ3) is 3.70. The van der Waals surface area contributed by atoms with Crippen molar-refractivity contribution in [2.45, 2.75) is 71.6 Å². The second-order valence-electron chi connectivity index (χ2n) is 10.0. The Morgan fingerprint density at radius 2 is 1.77 bits per heavy atom. The predicted molar refractivity (Wildman–Crippen MR) is 107 cm³/mol. The minimum Gasteiger partial charge on any atom is -0.384 e. The largest absolute Gasteiger partial charge is 0.384 e. The van der Waals surface area contributed by atoms with Gasteiger partial charge in [0, 0.05) is 20.8 Å². The number of methoxy groups -OCH3 is 1. The molecule has 0 aromatic carbocycles. The number of nitrogens with one attached hydrogen (secondary N) is 1. The van der Waals surface area contributed by atoms with Crippen molar-refractivity contribution in [3.8, 4) is 0 Å². The molecule has 3 heteroatoms. The standard InChI is InChI=1S/C21H36O.C2H5NO/c1-14-4-7-17-15(12-14)5-8-19-18(17)10-11-21(2)16(13-22-3)6-9-20(19)21;1-3-2-4/h14-20H,4-13H2,1-3H3;2H,1H3,(H,3,4). The second kappa shape index (κ2) is 8.63. The summed E-state index contributed by atoms with van der Waals surface area (Å²) in [6.45, 7) is 6.13. The Balaban J connectivity index is 0.000000447. The maximum Gasteiger partial charge on any atom is 0.206 e. The lowest BCUT2D eigenvalue weighted by molar-refractivity contribution is -0.109. The first kappa shape index (κ1) is 20.2. The van der Waals surface area contributed by atoms with E-state index in [0.29, 0.717) is 11.8 Å². The van der Waals surface area contributed by atoms with Gasteiger partial charge >= 0.3 is 0 Å². The minimum absolute atomic E-state index is 0.603. The summed E-state index contributed by atoms with van der Waals surface area (Å²) in [6, 6.07) is 0. The van der Waals surface area contributed by atoms with E-state index >= 15 is 0 Å². The molecule has 26 heavy (non-hydrogen) atoms. The quantitative estimate of drug-likeness (QED) is 0.724. The zero-order valence-electron chi connectivity index (χ0n) is 17.5. The molecule has 4 aliphatic rings. The number of amides is 1. The second-order valence-corrected chi connectivity index (χ2v) is 10.0. The van der Waals surface area contributed by atoms with Crippen LogP contribution in [-0.2, 0) is 9.53 Å². The van der Waals surface area contributed by atoms with Crippen LogP contribution in [0.2, 0.25) is 0 Å². The van der Waals surface area contributed by atoms with Gasteiger partial charge in [-0.1, -0.05) is 20.3 Å². The predicted octanol–water partition coefficient (Wildman–Crippen LogP) is 4.90. The number of hydrogen-bond acceptors (Lipinski definition) is 2. The summed E-state index contributed by atoms with van der Waals surface area (Å²) in [4.78, 5) is 9.06. The first-order chi connectivity index (χ1) is 12.5. The molecule has 4 fully saturated rings. The fourth-order valence-corrected chi connectivity index (χ4v) is 7.67. The van der Waals surface area contributed by atoms with Crippen molar-refractivity contribution in [3.63, 3.8) is 0 Å². The molecule has 8 unspecified atom stereocenters. The van der Waals surface area contributed by atoms with Crippen LogP contribution >= 0.6 is 0 Å². The van der Waals surface area contributed by atoms with Crippen LogP contribution in [0.3, 0.4) is 0 Å².